The van der Waals surface area contributed by atoms with Gasteiger partial charge in [-0.3, -0.25) is 15.0 Å². The Bertz CT molecular complexity index is 1060. The van der Waals surface area contributed by atoms with Crippen molar-refractivity contribution in [3.8, 4) is 0 Å². The number of hydrogen-bond acceptors (Lipinski definition) is 7. The van der Waals surface area contributed by atoms with Gasteiger partial charge in [0, 0.05) is 41.4 Å². The van der Waals surface area contributed by atoms with Gasteiger partial charge in [-0.25, -0.2) is 0 Å². The lowest BCUT2D eigenvalue weighted by molar-refractivity contribution is 0.0979. The first-order chi connectivity index (χ1) is 13.5. The third-order valence-corrected chi connectivity index (χ3v) is 4.83. The van der Waals surface area contributed by atoms with Gasteiger partial charge in [0.15, 0.2) is 11.6 Å². The number of nitrogens with zero attached hydrogens (tertiary/aromatic N) is 2. The van der Waals surface area contributed by atoms with Crippen molar-refractivity contribution < 1.29 is 9.59 Å². The molecule has 0 atom stereocenters. The molecule has 2 aliphatic rings. The Kier molecular flexibility index (Phi) is 4.80. The second kappa shape index (κ2) is 7.27. The first-order valence-electron chi connectivity index (χ1n) is 8.49. The van der Waals surface area contributed by atoms with E-state index in [4.69, 9.17) is 29.1 Å². The van der Waals surface area contributed by atoms with Crippen molar-refractivity contribution in [3.63, 3.8) is 0 Å². The fourth-order valence-electron chi connectivity index (χ4n) is 3.30. The van der Waals surface area contributed by atoms with E-state index in [1.54, 1.807) is 42.5 Å². The van der Waals surface area contributed by atoms with E-state index >= 15 is 0 Å². The maximum Gasteiger partial charge on any atom is 0.196 e. The van der Waals surface area contributed by atoms with Crippen molar-refractivity contribution in [1.29, 1.82) is 0 Å². The SMILES string of the molecule is NCCNc1c(C2=NN(Cl)NC(Cl)=C2)ccc2c1C(=O)c1ccccc1C2=O. The summed E-state index contributed by atoms with van der Waals surface area (Å²) in [5, 5.41) is 7.61. The minimum atomic E-state index is -0.237. The lowest BCUT2D eigenvalue weighted by atomic mass is 9.81. The van der Waals surface area contributed by atoms with Crippen LogP contribution in [0.25, 0.3) is 0 Å². The molecule has 0 fully saturated rings. The third kappa shape index (κ3) is 3.03. The average Bonchev–Trinajstić information content (AvgIpc) is 2.69. The van der Waals surface area contributed by atoms with Gasteiger partial charge in [-0.1, -0.05) is 35.9 Å². The van der Waals surface area contributed by atoms with Crippen molar-refractivity contribution in [2.24, 2.45) is 10.8 Å². The lowest BCUT2D eigenvalue weighted by Gasteiger charge is -2.24. The molecule has 7 nitrogen and oxygen atoms in total. The lowest BCUT2D eigenvalue weighted by Crippen LogP contribution is -2.29. The molecule has 0 spiro atoms. The summed E-state index contributed by atoms with van der Waals surface area (Å²) < 4.78 is 0.950. The Morgan fingerprint density at radius 2 is 1.71 bits per heavy atom. The van der Waals surface area contributed by atoms with Crippen LogP contribution in [0, 0.1) is 0 Å². The van der Waals surface area contributed by atoms with Crippen molar-refractivity contribution >= 4 is 46.3 Å². The summed E-state index contributed by atoms with van der Waals surface area (Å²) in [4.78, 5) is 26.2. The van der Waals surface area contributed by atoms with E-state index < -0.39 is 0 Å². The van der Waals surface area contributed by atoms with Crippen molar-refractivity contribution in [2.75, 3.05) is 18.4 Å². The molecular formula is C19H15Cl2N5O2. The first kappa shape index (κ1) is 18.5. The molecule has 1 heterocycles. The number of carbonyl (C=O) groups excluding carboxylic acids is 2. The maximum atomic E-state index is 13.2. The summed E-state index contributed by atoms with van der Waals surface area (Å²) in [6, 6.07) is 10.1. The summed E-state index contributed by atoms with van der Waals surface area (Å²) in [5.74, 6) is -0.439. The number of carbonyl (C=O) groups is 2. The highest BCUT2D eigenvalue weighted by atomic mass is 35.5. The Hall–Kier alpha value is -2.87. The Balaban J connectivity index is 1.94. The van der Waals surface area contributed by atoms with E-state index in [1.807, 2.05) is 0 Å². The zero-order chi connectivity index (χ0) is 19.8. The Labute approximate surface area is 170 Å². The van der Waals surface area contributed by atoms with E-state index in [0.29, 0.717) is 52.3 Å². The number of rotatable bonds is 4. The van der Waals surface area contributed by atoms with Gasteiger partial charge in [0.1, 0.15) is 5.16 Å². The number of benzene rings is 2. The number of hydrogen-bond donors (Lipinski definition) is 3. The molecule has 0 unspecified atom stereocenters. The zero-order valence-electron chi connectivity index (χ0n) is 14.5. The minimum absolute atomic E-state index is 0.202. The summed E-state index contributed by atoms with van der Waals surface area (Å²) in [6.07, 6.45) is 1.58. The Morgan fingerprint density at radius 3 is 2.39 bits per heavy atom. The first-order valence-corrected chi connectivity index (χ1v) is 9.21. The number of halogens is 2. The number of fused-ring (bicyclic) bond motifs is 2. The molecule has 4 N–H and O–H groups in total. The normalized spacial score (nSPS) is 15.3. The van der Waals surface area contributed by atoms with Crippen LogP contribution < -0.4 is 16.5 Å². The van der Waals surface area contributed by atoms with Crippen molar-refractivity contribution in [3.05, 3.63) is 75.4 Å². The number of nitrogens with two attached hydrogens (primary N) is 1. The largest absolute Gasteiger partial charge is 0.383 e. The van der Waals surface area contributed by atoms with Gasteiger partial charge < -0.3 is 11.1 Å². The van der Waals surface area contributed by atoms with E-state index in [2.05, 4.69) is 15.8 Å². The average molecular weight is 416 g/mol. The van der Waals surface area contributed by atoms with Crippen LogP contribution in [0.15, 0.2) is 52.7 Å². The van der Waals surface area contributed by atoms with Crippen LogP contribution in [0.5, 0.6) is 0 Å². The molecule has 9 heteroatoms. The van der Waals surface area contributed by atoms with Crippen LogP contribution >= 0.6 is 23.4 Å². The molecule has 0 amide bonds. The zero-order valence-corrected chi connectivity index (χ0v) is 16.0. The highest BCUT2D eigenvalue weighted by Crippen LogP contribution is 2.35. The van der Waals surface area contributed by atoms with Crippen molar-refractivity contribution in [2.45, 2.75) is 0 Å². The van der Waals surface area contributed by atoms with E-state index in [-0.39, 0.29) is 16.7 Å². The number of nitrogens with one attached hydrogen (secondary N) is 2. The molecule has 1 aliphatic heterocycles. The summed E-state index contributed by atoms with van der Waals surface area (Å²) in [7, 11) is 0. The van der Waals surface area contributed by atoms with Crippen LogP contribution in [0.1, 0.15) is 37.4 Å². The monoisotopic (exact) mass is 415 g/mol. The fraction of sp³-hybridized carbons (Fsp3) is 0.105. The molecule has 0 saturated heterocycles. The predicted molar refractivity (Wildman–Crippen MR) is 109 cm³/mol. The van der Waals surface area contributed by atoms with Crippen LogP contribution in [-0.2, 0) is 0 Å². The number of hydrazine groups is 1. The molecule has 0 radical (unpaired) electrons. The molecule has 28 heavy (non-hydrogen) atoms. The van der Waals surface area contributed by atoms with Crippen LogP contribution in [0.3, 0.4) is 0 Å². The molecule has 2 aromatic rings. The highest BCUT2D eigenvalue weighted by Gasteiger charge is 2.33. The van der Waals surface area contributed by atoms with Gasteiger partial charge in [-0.15, -0.1) is 9.74 Å². The molecule has 0 aromatic heterocycles. The third-order valence-electron chi connectivity index (χ3n) is 4.47. The molecule has 0 bridgehead atoms. The fourth-order valence-corrected chi connectivity index (χ4v) is 3.70. The number of ketones is 2. The van der Waals surface area contributed by atoms with Gasteiger partial charge in [0.05, 0.1) is 28.7 Å². The highest BCUT2D eigenvalue weighted by molar-refractivity contribution is 6.34. The smallest absolute Gasteiger partial charge is 0.196 e. The number of allylic oxidation sites excluding steroid dienone is 1. The Morgan fingerprint density at radius 1 is 1.04 bits per heavy atom. The van der Waals surface area contributed by atoms with E-state index in [0.717, 1.165) is 4.64 Å². The summed E-state index contributed by atoms with van der Waals surface area (Å²) in [5.41, 5.74) is 11.1. The topological polar surface area (TPSA) is 99.8 Å². The van der Waals surface area contributed by atoms with Crippen LogP contribution in [0.4, 0.5) is 5.69 Å². The molecule has 0 saturated carbocycles. The van der Waals surface area contributed by atoms with Gasteiger partial charge in [-0.05, 0) is 12.1 Å². The molecule has 142 valence electrons. The standard InChI is InChI=1S/C19H15Cl2N5O2/c20-15-9-14(24-26(21)25-15)12-5-6-13-16(17(12)23-8-7-22)19(28)11-4-2-1-3-10(11)18(13)27/h1-6,9,23,25H,7-8,22H2. The molecular weight excluding hydrogens is 401 g/mol. The summed E-state index contributed by atoms with van der Waals surface area (Å²) in [6.45, 7) is 0.744. The minimum Gasteiger partial charge on any atom is -0.383 e. The molecule has 4 rings (SSSR count). The van der Waals surface area contributed by atoms with E-state index in [9.17, 15) is 9.59 Å². The van der Waals surface area contributed by atoms with Gasteiger partial charge in [-0.2, -0.15) is 0 Å². The van der Waals surface area contributed by atoms with Gasteiger partial charge in [0.25, 0.3) is 0 Å². The van der Waals surface area contributed by atoms with E-state index in [1.165, 1.54) is 0 Å². The van der Waals surface area contributed by atoms with Crippen LogP contribution in [-0.4, -0.2) is 35.0 Å². The number of anilines is 1. The van der Waals surface area contributed by atoms with Crippen LogP contribution in [0.2, 0.25) is 0 Å². The molecule has 1 aliphatic carbocycles. The maximum absolute atomic E-state index is 13.2. The second-order valence-corrected chi connectivity index (χ2v) is 6.91. The molecule has 2 aromatic carbocycles. The van der Waals surface area contributed by atoms with Crippen molar-refractivity contribution in [1.82, 2.24) is 10.1 Å². The number of hydrazone groups is 1. The quantitative estimate of drug-likeness (QED) is 0.447. The second-order valence-electron chi connectivity index (χ2n) is 6.18. The predicted octanol–water partition coefficient (Wildman–Crippen LogP) is 2.59. The summed E-state index contributed by atoms with van der Waals surface area (Å²) >= 11 is 12.0. The van der Waals surface area contributed by atoms with Gasteiger partial charge >= 0.3 is 0 Å². The van der Waals surface area contributed by atoms with Gasteiger partial charge in [0.2, 0.25) is 0 Å².